The summed E-state index contributed by atoms with van der Waals surface area (Å²) in [6, 6.07) is 17.2. The zero-order valence-electron chi connectivity index (χ0n) is 12.7. The minimum atomic E-state index is 0.0390. The van der Waals surface area contributed by atoms with Gasteiger partial charge in [0.1, 0.15) is 12.4 Å². The van der Waals surface area contributed by atoms with Crippen molar-refractivity contribution in [3.05, 3.63) is 65.0 Å². The normalized spacial score (nSPS) is 13.3. The number of ether oxygens (including phenoxy) is 1. The van der Waals surface area contributed by atoms with Crippen LogP contribution in [-0.2, 0) is 6.54 Å². The van der Waals surface area contributed by atoms with Crippen molar-refractivity contribution in [3.8, 4) is 5.75 Å². The number of nitrogens with zero attached hydrogens (tertiary/aromatic N) is 3. The summed E-state index contributed by atoms with van der Waals surface area (Å²) >= 11 is 0. The van der Waals surface area contributed by atoms with Crippen LogP contribution >= 0.6 is 0 Å². The maximum Gasteiger partial charge on any atom is 0.262 e. The molecule has 0 amide bonds. The molecule has 5 nitrogen and oxygen atoms in total. The number of anilines is 1. The second kappa shape index (κ2) is 5.76. The largest absolute Gasteiger partial charge is 0.492 e. The van der Waals surface area contributed by atoms with Crippen molar-refractivity contribution in [2.75, 3.05) is 24.6 Å². The molecule has 0 saturated heterocycles. The van der Waals surface area contributed by atoms with E-state index in [0.717, 1.165) is 23.8 Å². The molecular weight excluding hydrogens is 290 g/mol. The molecule has 0 N–H and O–H groups in total. The van der Waals surface area contributed by atoms with Gasteiger partial charge in [-0.2, -0.15) is 0 Å². The van der Waals surface area contributed by atoms with Crippen molar-refractivity contribution in [1.29, 1.82) is 0 Å². The fourth-order valence-corrected chi connectivity index (χ4v) is 2.92. The summed E-state index contributed by atoms with van der Waals surface area (Å²) in [6.07, 6.45) is 0. The van der Waals surface area contributed by atoms with Crippen molar-refractivity contribution in [1.82, 2.24) is 9.55 Å². The lowest BCUT2D eigenvalue weighted by Gasteiger charge is -2.17. The molecule has 1 aliphatic heterocycles. The Hall–Kier alpha value is -2.82. The maximum atomic E-state index is 12.5. The highest BCUT2D eigenvalue weighted by molar-refractivity contribution is 5.78. The summed E-state index contributed by atoms with van der Waals surface area (Å²) in [6.45, 7) is 2.74. The lowest BCUT2D eigenvalue weighted by atomic mass is 10.2. The lowest BCUT2D eigenvalue weighted by Crippen LogP contribution is -2.27. The Morgan fingerprint density at radius 1 is 1.00 bits per heavy atom. The van der Waals surface area contributed by atoms with E-state index in [1.165, 1.54) is 0 Å². The van der Waals surface area contributed by atoms with Crippen LogP contribution in [-0.4, -0.2) is 29.2 Å². The molecule has 0 saturated carbocycles. The predicted octanol–water partition coefficient (Wildman–Crippen LogP) is 2.30. The highest BCUT2D eigenvalue weighted by Gasteiger charge is 2.22. The van der Waals surface area contributed by atoms with E-state index in [1.54, 1.807) is 4.57 Å². The Kier molecular flexibility index (Phi) is 3.46. The van der Waals surface area contributed by atoms with Crippen molar-refractivity contribution in [2.45, 2.75) is 6.54 Å². The first-order chi connectivity index (χ1) is 11.3. The van der Waals surface area contributed by atoms with Gasteiger partial charge in [-0.3, -0.25) is 9.36 Å². The van der Waals surface area contributed by atoms with E-state index in [4.69, 9.17) is 4.74 Å². The second-order valence-corrected chi connectivity index (χ2v) is 5.53. The summed E-state index contributed by atoms with van der Waals surface area (Å²) in [5.74, 6) is 1.60. The first-order valence-electron chi connectivity index (χ1n) is 7.75. The minimum Gasteiger partial charge on any atom is -0.492 e. The third-order valence-corrected chi connectivity index (χ3v) is 4.09. The van der Waals surface area contributed by atoms with Crippen LogP contribution in [0.2, 0.25) is 0 Å². The molecule has 2 heterocycles. The van der Waals surface area contributed by atoms with Gasteiger partial charge >= 0.3 is 0 Å². The molecule has 0 atom stereocenters. The molecule has 23 heavy (non-hydrogen) atoms. The molecule has 5 heteroatoms. The van der Waals surface area contributed by atoms with Gasteiger partial charge in [0.05, 0.1) is 17.4 Å². The monoisotopic (exact) mass is 307 g/mol. The average molecular weight is 307 g/mol. The summed E-state index contributed by atoms with van der Waals surface area (Å²) in [4.78, 5) is 19.3. The van der Waals surface area contributed by atoms with Gasteiger partial charge in [0.15, 0.2) is 0 Å². The van der Waals surface area contributed by atoms with Crippen molar-refractivity contribution in [3.63, 3.8) is 0 Å². The van der Waals surface area contributed by atoms with E-state index in [1.807, 2.05) is 54.6 Å². The van der Waals surface area contributed by atoms with Crippen molar-refractivity contribution < 1.29 is 4.74 Å². The van der Waals surface area contributed by atoms with Crippen LogP contribution in [0.15, 0.2) is 59.4 Å². The third kappa shape index (κ3) is 2.54. The van der Waals surface area contributed by atoms with Crippen LogP contribution in [0.4, 0.5) is 5.95 Å². The van der Waals surface area contributed by atoms with Gasteiger partial charge in [-0.15, -0.1) is 0 Å². The van der Waals surface area contributed by atoms with E-state index >= 15 is 0 Å². The zero-order valence-corrected chi connectivity index (χ0v) is 12.7. The number of para-hydroxylation sites is 2. The Balaban J connectivity index is 1.55. The van der Waals surface area contributed by atoms with E-state index in [-0.39, 0.29) is 5.56 Å². The minimum absolute atomic E-state index is 0.0390. The van der Waals surface area contributed by atoms with E-state index in [0.29, 0.717) is 25.1 Å². The summed E-state index contributed by atoms with van der Waals surface area (Å²) in [7, 11) is 0. The molecular formula is C18H17N3O2. The van der Waals surface area contributed by atoms with Gasteiger partial charge in [0, 0.05) is 13.1 Å². The highest BCUT2D eigenvalue weighted by Crippen LogP contribution is 2.19. The molecule has 2 aromatic carbocycles. The third-order valence-electron chi connectivity index (χ3n) is 4.09. The summed E-state index contributed by atoms with van der Waals surface area (Å²) in [5, 5.41) is 0.679. The zero-order chi connectivity index (χ0) is 15.6. The molecule has 1 aromatic heterocycles. The van der Waals surface area contributed by atoms with Crippen LogP contribution < -0.4 is 15.2 Å². The first-order valence-corrected chi connectivity index (χ1v) is 7.75. The fraction of sp³-hybridized carbons (Fsp3) is 0.222. The van der Waals surface area contributed by atoms with Crippen LogP contribution in [0.25, 0.3) is 10.9 Å². The SMILES string of the molecule is O=c1c2ccccc2nc2n1CCN2CCOc1ccccc1. The van der Waals surface area contributed by atoms with Gasteiger partial charge < -0.3 is 9.64 Å². The molecule has 1 aliphatic rings. The smallest absolute Gasteiger partial charge is 0.262 e. The number of aromatic nitrogens is 2. The Morgan fingerprint density at radius 3 is 2.65 bits per heavy atom. The van der Waals surface area contributed by atoms with Crippen LogP contribution in [0.1, 0.15) is 0 Å². The molecule has 4 rings (SSSR count). The van der Waals surface area contributed by atoms with Gasteiger partial charge in [0.2, 0.25) is 5.95 Å². The first kappa shape index (κ1) is 13.8. The quantitative estimate of drug-likeness (QED) is 0.742. The number of rotatable bonds is 4. The van der Waals surface area contributed by atoms with Crippen molar-refractivity contribution in [2.24, 2.45) is 0 Å². The van der Waals surface area contributed by atoms with E-state index in [9.17, 15) is 4.79 Å². The molecule has 0 radical (unpaired) electrons. The lowest BCUT2D eigenvalue weighted by molar-refractivity contribution is 0.324. The van der Waals surface area contributed by atoms with E-state index < -0.39 is 0 Å². The molecule has 0 unspecified atom stereocenters. The van der Waals surface area contributed by atoms with E-state index in [2.05, 4.69) is 9.88 Å². The van der Waals surface area contributed by atoms with Gasteiger partial charge in [-0.05, 0) is 24.3 Å². The number of benzene rings is 2. The van der Waals surface area contributed by atoms with Crippen LogP contribution in [0, 0.1) is 0 Å². The van der Waals surface area contributed by atoms with Gasteiger partial charge in [-0.1, -0.05) is 30.3 Å². The Morgan fingerprint density at radius 2 is 1.78 bits per heavy atom. The fourth-order valence-electron chi connectivity index (χ4n) is 2.92. The van der Waals surface area contributed by atoms with Gasteiger partial charge in [-0.25, -0.2) is 4.98 Å². The Bertz CT molecular complexity index is 890. The second-order valence-electron chi connectivity index (χ2n) is 5.53. The van der Waals surface area contributed by atoms with Gasteiger partial charge in [0.25, 0.3) is 5.56 Å². The highest BCUT2D eigenvalue weighted by atomic mass is 16.5. The summed E-state index contributed by atoms with van der Waals surface area (Å²) < 4.78 is 7.50. The predicted molar refractivity (Wildman–Crippen MR) is 90.2 cm³/mol. The van der Waals surface area contributed by atoms with Crippen LogP contribution in [0.3, 0.4) is 0 Å². The van der Waals surface area contributed by atoms with Crippen LogP contribution in [0.5, 0.6) is 5.75 Å². The Labute approximate surface area is 133 Å². The molecule has 0 aliphatic carbocycles. The summed E-state index contributed by atoms with van der Waals surface area (Å²) in [5.41, 5.74) is 0.789. The number of hydrogen-bond donors (Lipinski definition) is 0. The molecule has 0 bridgehead atoms. The average Bonchev–Trinajstić information content (AvgIpc) is 2.99. The molecule has 3 aromatic rings. The molecule has 0 spiro atoms. The van der Waals surface area contributed by atoms with Crippen molar-refractivity contribution >= 4 is 16.9 Å². The standard InChI is InChI=1S/C18H17N3O2/c22-17-15-8-4-5-9-16(15)19-18-20(10-11-21(17)18)12-13-23-14-6-2-1-3-7-14/h1-9H,10-13H2. The topological polar surface area (TPSA) is 47.4 Å². The number of fused-ring (bicyclic) bond motifs is 2. The molecule has 0 fully saturated rings. The molecule has 116 valence electrons. The maximum absolute atomic E-state index is 12.5. The number of hydrogen-bond acceptors (Lipinski definition) is 4.